The first-order valence-electron chi connectivity index (χ1n) is 5.41. The lowest BCUT2D eigenvalue weighted by Gasteiger charge is -2.04. The average Bonchev–Trinajstić information content (AvgIpc) is 2.42. The van der Waals surface area contributed by atoms with Crippen molar-refractivity contribution in [2.24, 2.45) is 14.1 Å². The lowest BCUT2D eigenvalue weighted by molar-refractivity contribution is 0.0696. The summed E-state index contributed by atoms with van der Waals surface area (Å²) in [5.74, 6) is -1.09. The molecular weight excluding hydrogens is 284 g/mol. The van der Waals surface area contributed by atoms with Crippen LogP contribution in [0.25, 0.3) is 0 Å². The molecule has 0 atom stereocenters. The molecule has 104 valence electrons. The SMILES string of the molecule is Cn1nc(Sc2cc(C(=O)O)ccn2)c(=O)n(C)c1=O. The van der Waals surface area contributed by atoms with Gasteiger partial charge in [0.15, 0.2) is 5.03 Å². The van der Waals surface area contributed by atoms with Crippen LogP contribution in [-0.4, -0.2) is 30.4 Å². The largest absolute Gasteiger partial charge is 0.478 e. The Labute approximate surface area is 116 Å². The van der Waals surface area contributed by atoms with Gasteiger partial charge in [-0.3, -0.25) is 9.36 Å². The number of hydrogen-bond donors (Lipinski definition) is 1. The summed E-state index contributed by atoms with van der Waals surface area (Å²) < 4.78 is 1.96. The van der Waals surface area contributed by atoms with E-state index in [1.54, 1.807) is 0 Å². The van der Waals surface area contributed by atoms with Gasteiger partial charge in [-0.15, -0.1) is 0 Å². The summed E-state index contributed by atoms with van der Waals surface area (Å²) >= 11 is 0.904. The van der Waals surface area contributed by atoms with Crippen LogP contribution in [0.2, 0.25) is 0 Å². The van der Waals surface area contributed by atoms with Gasteiger partial charge in [0.2, 0.25) is 0 Å². The molecule has 0 bridgehead atoms. The third kappa shape index (κ3) is 2.62. The molecule has 0 unspecified atom stereocenters. The van der Waals surface area contributed by atoms with Crippen molar-refractivity contribution in [1.82, 2.24) is 19.3 Å². The van der Waals surface area contributed by atoms with Crippen LogP contribution < -0.4 is 11.2 Å². The first kappa shape index (κ1) is 14.0. The highest BCUT2D eigenvalue weighted by Gasteiger charge is 2.12. The van der Waals surface area contributed by atoms with Crippen LogP contribution in [0.4, 0.5) is 0 Å². The Kier molecular flexibility index (Phi) is 3.70. The second kappa shape index (κ2) is 5.29. The van der Waals surface area contributed by atoms with E-state index in [1.165, 1.54) is 32.4 Å². The summed E-state index contributed by atoms with van der Waals surface area (Å²) in [7, 11) is 2.77. The first-order chi connectivity index (χ1) is 9.40. The molecule has 0 fully saturated rings. The fraction of sp³-hybridized carbons (Fsp3) is 0.182. The second-order valence-corrected chi connectivity index (χ2v) is 4.87. The highest BCUT2D eigenvalue weighted by molar-refractivity contribution is 7.99. The summed E-state index contributed by atoms with van der Waals surface area (Å²) in [6.07, 6.45) is 1.33. The van der Waals surface area contributed by atoms with E-state index < -0.39 is 17.2 Å². The van der Waals surface area contributed by atoms with Gasteiger partial charge in [0.05, 0.1) is 5.56 Å². The van der Waals surface area contributed by atoms with Crippen LogP contribution in [0.3, 0.4) is 0 Å². The van der Waals surface area contributed by atoms with Gasteiger partial charge < -0.3 is 5.11 Å². The van der Waals surface area contributed by atoms with Crippen molar-refractivity contribution in [3.05, 3.63) is 44.7 Å². The molecule has 2 heterocycles. The molecule has 2 aromatic rings. The van der Waals surface area contributed by atoms with E-state index in [2.05, 4.69) is 10.1 Å². The Balaban J connectivity index is 2.46. The summed E-state index contributed by atoms with van der Waals surface area (Å²) in [5, 5.41) is 13.1. The number of carboxylic acid groups (broad SMARTS) is 1. The lowest BCUT2D eigenvalue weighted by Crippen LogP contribution is -2.39. The molecule has 0 amide bonds. The molecule has 2 rings (SSSR count). The number of pyridine rings is 1. The molecule has 0 radical (unpaired) electrons. The maximum absolute atomic E-state index is 11.9. The average molecular weight is 294 g/mol. The number of rotatable bonds is 3. The third-order valence-electron chi connectivity index (χ3n) is 2.48. The maximum Gasteiger partial charge on any atom is 0.346 e. The molecule has 0 aliphatic carbocycles. The summed E-state index contributed by atoms with van der Waals surface area (Å²) in [6.45, 7) is 0. The van der Waals surface area contributed by atoms with Gasteiger partial charge in [0.25, 0.3) is 5.56 Å². The van der Waals surface area contributed by atoms with E-state index in [0.717, 1.165) is 21.0 Å². The molecule has 0 spiro atoms. The zero-order valence-corrected chi connectivity index (χ0v) is 11.4. The van der Waals surface area contributed by atoms with Gasteiger partial charge in [-0.05, 0) is 23.9 Å². The normalized spacial score (nSPS) is 10.5. The fourth-order valence-electron chi connectivity index (χ4n) is 1.43. The third-order valence-corrected chi connectivity index (χ3v) is 3.36. The van der Waals surface area contributed by atoms with Crippen molar-refractivity contribution >= 4 is 17.7 Å². The molecule has 2 aromatic heterocycles. The minimum Gasteiger partial charge on any atom is -0.478 e. The van der Waals surface area contributed by atoms with Crippen molar-refractivity contribution < 1.29 is 9.90 Å². The molecule has 0 aliphatic rings. The minimum atomic E-state index is -1.09. The molecule has 1 N–H and O–H groups in total. The van der Waals surface area contributed by atoms with Crippen molar-refractivity contribution in [3.8, 4) is 0 Å². The van der Waals surface area contributed by atoms with Crippen LogP contribution >= 0.6 is 11.8 Å². The van der Waals surface area contributed by atoms with Crippen LogP contribution in [0, 0.1) is 0 Å². The molecule has 0 saturated carbocycles. The number of hydrogen-bond acceptors (Lipinski definition) is 6. The van der Waals surface area contributed by atoms with Crippen LogP contribution in [0.1, 0.15) is 10.4 Å². The van der Waals surface area contributed by atoms with Crippen LogP contribution in [0.5, 0.6) is 0 Å². The van der Waals surface area contributed by atoms with Crippen molar-refractivity contribution in [3.63, 3.8) is 0 Å². The van der Waals surface area contributed by atoms with Gasteiger partial charge >= 0.3 is 11.7 Å². The monoisotopic (exact) mass is 294 g/mol. The quantitative estimate of drug-likeness (QED) is 0.829. The first-order valence-corrected chi connectivity index (χ1v) is 6.23. The summed E-state index contributed by atoms with van der Waals surface area (Å²) in [4.78, 5) is 38.2. The maximum atomic E-state index is 11.9. The molecule has 20 heavy (non-hydrogen) atoms. The van der Waals surface area contributed by atoms with E-state index >= 15 is 0 Å². The van der Waals surface area contributed by atoms with Gasteiger partial charge in [-0.25, -0.2) is 19.3 Å². The number of carboxylic acids is 1. The Hall–Kier alpha value is -2.42. The van der Waals surface area contributed by atoms with E-state index in [9.17, 15) is 14.4 Å². The smallest absolute Gasteiger partial charge is 0.346 e. The Morgan fingerprint density at radius 3 is 2.70 bits per heavy atom. The number of carbonyl (C=O) groups is 1. The zero-order valence-electron chi connectivity index (χ0n) is 10.6. The highest BCUT2D eigenvalue weighted by atomic mass is 32.2. The molecule has 0 aliphatic heterocycles. The second-order valence-electron chi connectivity index (χ2n) is 3.87. The molecule has 9 heteroatoms. The van der Waals surface area contributed by atoms with Gasteiger partial charge in [-0.2, -0.15) is 5.10 Å². The minimum absolute atomic E-state index is 0.0460. The van der Waals surface area contributed by atoms with Crippen molar-refractivity contribution in [1.29, 1.82) is 0 Å². The predicted molar refractivity (Wildman–Crippen MR) is 70.0 cm³/mol. The van der Waals surface area contributed by atoms with Crippen molar-refractivity contribution in [2.45, 2.75) is 10.1 Å². The van der Waals surface area contributed by atoms with E-state index in [0.29, 0.717) is 5.03 Å². The van der Waals surface area contributed by atoms with Gasteiger partial charge in [0.1, 0.15) is 5.03 Å². The number of nitrogens with zero attached hydrogens (tertiary/aromatic N) is 4. The molecular formula is C11H10N4O4S. The zero-order chi connectivity index (χ0) is 14.9. The van der Waals surface area contributed by atoms with E-state index in [4.69, 9.17) is 5.11 Å². The summed E-state index contributed by atoms with van der Waals surface area (Å²) in [5.41, 5.74) is -1.03. The highest BCUT2D eigenvalue weighted by Crippen LogP contribution is 2.21. The van der Waals surface area contributed by atoms with Gasteiger partial charge in [-0.1, -0.05) is 0 Å². The van der Waals surface area contributed by atoms with E-state index in [-0.39, 0.29) is 10.6 Å². The van der Waals surface area contributed by atoms with Crippen LogP contribution in [-0.2, 0) is 14.1 Å². The Morgan fingerprint density at radius 1 is 1.35 bits per heavy atom. The molecule has 0 aromatic carbocycles. The van der Waals surface area contributed by atoms with E-state index in [1.807, 2.05) is 0 Å². The number of aromatic nitrogens is 4. The molecule has 8 nitrogen and oxygen atoms in total. The topological polar surface area (TPSA) is 107 Å². The predicted octanol–water partition coefficient (Wildman–Crippen LogP) is -0.277. The van der Waals surface area contributed by atoms with Crippen LogP contribution in [0.15, 0.2) is 38.0 Å². The van der Waals surface area contributed by atoms with Crippen molar-refractivity contribution in [2.75, 3.05) is 0 Å². The molecule has 0 saturated heterocycles. The lowest BCUT2D eigenvalue weighted by atomic mass is 10.3. The standard InChI is InChI=1S/C11H10N4O4S/c1-14-9(16)8(13-15(2)11(14)19)20-7-5-6(10(17)18)3-4-12-7/h3-5H,1-2H3,(H,17,18). The Morgan fingerprint density at radius 2 is 2.05 bits per heavy atom. The van der Waals surface area contributed by atoms with Gasteiger partial charge in [0, 0.05) is 20.3 Å². The summed E-state index contributed by atoms with van der Waals surface area (Å²) in [6, 6.07) is 2.68. The Bertz CT molecular complexity index is 796. The number of aromatic carboxylic acids is 1. The fourth-order valence-corrected chi connectivity index (χ4v) is 2.32. The number of aryl methyl sites for hydroxylation is 1.